The Hall–Kier alpha value is -1.58. The van der Waals surface area contributed by atoms with Crippen LogP contribution in [-0.4, -0.2) is 11.8 Å². The minimum Gasteiger partial charge on any atom is -0.366 e. The first-order valence-corrected chi connectivity index (χ1v) is 3.05. The van der Waals surface area contributed by atoms with Crippen molar-refractivity contribution in [2.45, 2.75) is 6.42 Å². The fraction of sp³-hybridized carbons (Fsp3) is 0.143. The molecule has 0 atom stereocenters. The fourth-order valence-corrected chi connectivity index (χ4v) is 0.447. The Morgan fingerprint density at radius 1 is 1.00 bits per heavy atom. The van der Waals surface area contributed by atoms with Gasteiger partial charge in [0.15, 0.2) is 0 Å². The zero-order valence-corrected chi connectivity index (χ0v) is 5.99. The lowest BCUT2D eigenvalue weighted by atomic mass is 10.3. The van der Waals surface area contributed by atoms with E-state index in [0.29, 0.717) is 6.42 Å². The fourth-order valence-electron chi connectivity index (χ4n) is 0.447. The number of hydrogen-bond donors (Lipinski definition) is 2. The van der Waals surface area contributed by atoms with Gasteiger partial charge in [-0.3, -0.25) is 9.59 Å². The molecule has 0 spiro atoms. The summed E-state index contributed by atoms with van der Waals surface area (Å²) in [5, 5.41) is 0. The molecule has 0 aliphatic rings. The van der Waals surface area contributed by atoms with Gasteiger partial charge in [0.05, 0.1) is 0 Å². The van der Waals surface area contributed by atoms with E-state index < -0.39 is 11.8 Å². The Balaban J connectivity index is 3.57. The quantitative estimate of drug-likeness (QED) is 0.533. The van der Waals surface area contributed by atoms with Crippen LogP contribution in [0.15, 0.2) is 24.3 Å². The summed E-state index contributed by atoms with van der Waals surface area (Å²) in [6, 6.07) is 0. The van der Waals surface area contributed by atoms with Gasteiger partial charge in [-0.25, -0.2) is 0 Å². The van der Waals surface area contributed by atoms with Crippen molar-refractivity contribution in [1.82, 2.24) is 0 Å². The maximum atomic E-state index is 10.1. The van der Waals surface area contributed by atoms with Crippen molar-refractivity contribution in [1.29, 1.82) is 0 Å². The third-order valence-electron chi connectivity index (χ3n) is 0.836. The van der Waals surface area contributed by atoms with Crippen molar-refractivity contribution in [3.63, 3.8) is 0 Å². The Labute approximate surface area is 64.6 Å². The molecule has 0 saturated heterocycles. The lowest BCUT2D eigenvalue weighted by Gasteiger charge is -1.80. The van der Waals surface area contributed by atoms with Gasteiger partial charge in [-0.15, -0.1) is 0 Å². The molecule has 0 fully saturated rings. The zero-order valence-electron chi connectivity index (χ0n) is 5.99. The summed E-state index contributed by atoms with van der Waals surface area (Å²) >= 11 is 0. The second kappa shape index (κ2) is 5.22. The Bertz CT molecular complexity index is 184. The second-order valence-electron chi connectivity index (χ2n) is 1.85. The summed E-state index contributed by atoms with van der Waals surface area (Å²) in [4.78, 5) is 20.2. The van der Waals surface area contributed by atoms with Crippen LogP contribution >= 0.6 is 0 Å². The van der Waals surface area contributed by atoms with Gasteiger partial charge >= 0.3 is 0 Å². The van der Waals surface area contributed by atoms with Crippen molar-refractivity contribution in [2.75, 3.05) is 0 Å². The summed E-state index contributed by atoms with van der Waals surface area (Å²) < 4.78 is 0. The van der Waals surface area contributed by atoms with Crippen LogP contribution in [0.5, 0.6) is 0 Å². The van der Waals surface area contributed by atoms with E-state index in [4.69, 9.17) is 11.5 Å². The van der Waals surface area contributed by atoms with E-state index in [1.807, 2.05) is 0 Å². The van der Waals surface area contributed by atoms with E-state index in [0.717, 1.165) is 0 Å². The number of hydrogen-bond acceptors (Lipinski definition) is 2. The van der Waals surface area contributed by atoms with Crippen LogP contribution < -0.4 is 11.5 Å². The highest BCUT2D eigenvalue weighted by Crippen LogP contribution is 1.84. The van der Waals surface area contributed by atoms with E-state index in [9.17, 15) is 9.59 Å². The third kappa shape index (κ3) is 8.42. The summed E-state index contributed by atoms with van der Waals surface area (Å²) in [7, 11) is 0. The molecule has 0 aliphatic heterocycles. The van der Waals surface area contributed by atoms with Gasteiger partial charge in [0, 0.05) is 0 Å². The number of allylic oxidation sites excluding steroid dienone is 2. The number of rotatable bonds is 4. The van der Waals surface area contributed by atoms with Crippen molar-refractivity contribution in [2.24, 2.45) is 11.5 Å². The van der Waals surface area contributed by atoms with Crippen LogP contribution in [0.3, 0.4) is 0 Å². The number of carbonyl (C=O) groups is 2. The molecule has 60 valence electrons. The van der Waals surface area contributed by atoms with Gasteiger partial charge in [0.2, 0.25) is 11.8 Å². The summed E-state index contributed by atoms with van der Waals surface area (Å²) in [6.45, 7) is 0. The summed E-state index contributed by atoms with van der Waals surface area (Å²) in [5.74, 6) is -1.00. The molecule has 4 nitrogen and oxygen atoms in total. The molecule has 2 amide bonds. The van der Waals surface area contributed by atoms with Gasteiger partial charge in [0.25, 0.3) is 0 Å². The lowest BCUT2D eigenvalue weighted by molar-refractivity contribution is -0.114. The molecule has 0 aromatic rings. The van der Waals surface area contributed by atoms with E-state index in [1.165, 1.54) is 12.2 Å². The lowest BCUT2D eigenvalue weighted by Crippen LogP contribution is -2.05. The highest BCUT2D eigenvalue weighted by molar-refractivity contribution is 5.86. The van der Waals surface area contributed by atoms with Gasteiger partial charge in [-0.05, 0) is 18.6 Å². The standard InChI is InChI=1S/C7H10N2O2/c8-6(10)4-2-1-3-5-7(9)11/h2-5H,1H2,(H2,8,10)(H2,9,11)/b4-2+,5-3+. The molecule has 0 bridgehead atoms. The molecule has 4 N–H and O–H groups in total. The minimum atomic E-state index is -0.502. The van der Waals surface area contributed by atoms with Crippen molar-refractivity contribution < 1.29 is 9.59 Å². The molecule has 0 aromatic heterocycles. The molecule has 11 heavy (non-hydrogen) atoms. The minimum absolute atomic E-state index is 0.478. The van der Waals surface area contributed by atoms with Crippen LogP contribution in [0.1, 0.15) is 6.42 Å². The molecular formula is C7H10N2O2. The molecule has 4 heteroatoms. The van der Waals surface area contributed by atoms with Crippen molar-refractivity contribution in [3.8, 4) is 0 Å². The Morgan fingerprint density at radius 3 is 1.64 bits per heavy atom. The number of carbonyl (C=O) groups excluding carboxylic acids is 2. The monoisotopic (exact) mass is 154 g/mol. The Kier molecular flexibility index (Phi) is 4.47. The van der Waals surface area contributed by atoms with Crippen molar-refractivity contribution in [3.05, 3.63) is 24.3 Å². The number of amides is 2. The molecule has 0 radical (unpaired) electrons. The molecule has 0 aliphatic carbocycles. The number of nitrogens with two attached hydrogens (primary N) is 2. The average Bonchev–Trinajstić information content (AvgIpc) is 1.85. The van der Waals surface area contributed by atoms with E-state index in [1.54, 1.807) is 12.2 Å². The van der Waals surface area contributed by atoms with E-state index >= 15 is 0 Å². The van der Waals surface area contributed by atoms with Crippen LogP contribution in [0.4, 0.5) is 0 Å². The van der Waals surface area contributed by atoms with Gasteiger partial charge in [0.1, 0.15) is 0 Å². The average molecular weight is 154 g/mol. The highest BCUT2D eigenvalue weighted by atomic mass is 16.1. The van der Waals surface area contributed by atoms with Crippen molar-refractivity contribution >= 4 is 11.8 Å². The largest absolute Gasteiger partial charge is 0.366 e. The first-order chi connectivity index (χ1) is 5.13. The summed E-state index contributed by atoms with van der Waals surface area (Å²) in [6.07, 6.45) is 6.02. The smallest absolute Gasteiger partial charge is 0.241 e. The van der Waals surface area contributed by atoms with Gasteiger partial charge in [-0.1, -0.05) is 12.2 Å². The van der Waals surface area contributed by atoms with Gasteiger partial charge in [-0.2, -0.15) is 0 Å². The highest BCUT2D eigenvalue weighted by Gasteiger charge is 1.81. The van der Waals surface area contributed by atoms with E-state index in [-0.39, 0.29) is 0 Å². The molecule has 0 rings (SSSR count). The van der Waals surface area contributed by atoms with Crippen LogP contribution in [0.25, 0.3) is 0 Å². The first-order valence-electron chi connectivity index (χ1n) is 3.05. The maximum absolute atomic E-state index is 10.1. The van der Waals surface area contributed by atoms with Crippen LogP contribution in [0.2, 0.25) is 0 Å². The molecule has 0 saturated carbocycles. The Morgan fingerprint density at radius 2 is 1.36 bits per heavy atom. The second-order valence-corrected chi connectivity index (χ2v) is 1.85. The zero-order chi connectivity index (χ0) is 8.69. The van der Waals surface area contributed by atoms with Gasteiger partial charge < -0.3 is 11.5 Å². The normalized spacial score (nSPS) is 10.9. The predicted molar refractivity (Wildman–Crippen MR) is 41.3 cm³/mol. The maximum Gasteiger partial charge on any atom is 0.241 e. The molecular weight excluding hydrogens is 144 g/mol. The molecule has 0 aromatic carbocycles. The number of primary amides is 2. The van der Waals surface area contributed by atoms with Crippen LogP contribution in [0, 0.1) is 0 Å². The first kappa shape index (κ1) is 9.42. The SMILES string of the molecule is NC(=O)/C=C/C/C=C/C(N)=O. The summed E-state index contributed by atoms with van der Waals surface area (Å²) in [5.41, 5.74) is 9.59. The molecule has 0 unspecified atom stereocenters. The third-order valence-corrected chi connectivity index (χ3v) is 0.836. The van der Waals surface area contributed by atoms with Crippen LogP contribution in [-0.2, 0) is 9.59 Å². The predicted octanol–water partition coefficient (Wildman–Crippen LogP) is -0.541. The molecule has 0 heterocycles. The topological polar surface area (TPSA) is 86.2 Å². The van der Waals surface area contributed by atoms with E-state index in [2.05, 4.69) is 0 Å².